The Morgan fingerprint density at radius 2 is 2.07 bits per heavy atom. The molecule has 0 atom stereocenters. The molecule has 1 heterocycles. The number of unbranched alkanes of at least 4 members (excludes halogenated alkanes) is 1. The second-order valence-corrected chi connectivity index (χ2v) is 7.37. The molecule has 0 aromatic carbocycles. The highest BCUT2D eigenvalue weighted by Gasteiger charge is 2.25. The fourth-order valence-corrected chi connectivity index (χ4v) is 3.66. The summed E-state index contributed by atoms with van der Waals surface area (Å²) in [5.74, 6) is 1.93. The number of rotatable bonds is 9. The van der Waals surface area contributed by atoms with Gasteiger partial charge in [0.2, 0.25) is 0 Å². The van der Waals surface area contributed by atoms with Crippen molar-refractivity contribution >= 4 is 12.6 Å². The van der Waals surface area contributed by atoms with Crippen molar-refractivity contribution in [3.63, 3.8) is 0 Å². The van der Waals surface area contributed by atoms with Crippen molar-refractivity contribution in [1.29, 1.82) is 0 Å². The summed E-state index contributed by atoms with van der Waals surface area (Å²) in [7, 11) is 2.01. The minimum absolute atomic E-state index is 0.225. The van der Waals surface area contributed by atoms with Crippen LogP contribution >= 0.6 is 0 Å². The van der Waals surface area contributed by atoms with Gasteiger partial charge in [-0.2, -0.15) is 33.7 Å². The number of alkyl halides is 3. The van der Waals surface area contributed by atoms with Gasteiger partial charge >= 0.3 is 6.18 Å². The topological polar surface area (TPSA) is 69.5 Å². The molecule has 1 N–H and O–H groups in total. The first kappa shape index (κ1) is 22.8. The maximum atomic E-state index is 12.0. The molecule has 0 aliphatic heterocycles. The highest BCUT2D eigenvalue weighted by molar-refractivity contribution is 5.82. The zero-order valence-electron chi connectivity index (χ0n) is 16.8. The summed E-state index contributed by atoms with van der Waals surface area (Å²) in [6.07, 6.45) is 8.57. The number of amidine groups is 1. The first-order chi connectivity index (χ1) is 13.9. The first-order valence-electron chi connectivity index (χ1n) is 9.89. The minimum Gasteiger partial charge on any atom is -0.361 e. The van der Waals surface area contributed by atoms with Crippen LogP contribution in [0.15, 0.2) is 40.7 Å². The summed E-state index contributed by atoms with van der Waals surface area (Å²) >= 11 is 0. The van der Waals surface area contributed by atoms with Crippen molar-refractivity contribution in [3.05, 3.63) is 36.2 Å². The number of nitrogens with zero attached hydrogens (tertiary/aromatic N) is 5. The van der Waals surface area contributed by atoms with Crippen molar-refractivity contribution in [2.75, 3.05) is 13.6 Å². The van der Waals surface area contributed by atoms with Crippen LogP contribution in [0.3, 0.4) is 0 Å². The van der Waals surface area contributed by atoms with Crippen LogP contribution in [0, 0.1) is 5.92 Å². The fourth-order valence-electron chi connectivity index (χ4n) is 3.66. The van der Waals surface area contributed by atoms with Gasteiger partial charge in [-0.05, 0) is 44.4 Å². The lowest BCUT2D eigenvalue weighted by Gasteiger charge is -2.31. The van der Waals surface area contributed by atoms with Gasteiger partial charge < -0.3 is 4.90 Å². The zero-order chi connectivity index (χ0) is 21.1. The van der Waals surface area contributed by atoms with Crippen LogP contribution in [0.4, 0.5) is 13.2 Å². The van der Waals surface area contributed by atoms with Gasteiger partial charge in [0.25, 0.3) is 0 Å². The van der Waals surface area contributed by atoms with Crippen LogP contribution < -0.4 is 0 Å². The Kier molecular flexibility index (Phi) is 9.08. The maximum absolute atomic E-state index is 12.0. The zero-order valence-corrected chi connectivity index (χ0v) is 16.8. The van der Waals surface area contributed by atoms with Crippen molar-refractivity contribution in [1.82, 2.24) is 20.3 Å². The number of H-pyrrole nitrogens is 1. The Balaban J connectivity index is 1.73. The largest absolute Gasteiger partial charge is 0.409 e. The SMILES string of the molecule is C=N/N=C(/CCC/C=C\C=C\C(F)(F)F)N(C)CC1CCC(c2cn[nH]n2)CC1. The number of aromatic amines is 1. The third-order valence-corrected chi connectivity index (χ3v) is 5.16. The summed E-state index contributed by atoms with van der Waals surface area (Å²) in [5.41, 5.74) is 1.05. The number of halogens is 3. The van der Waals surface area contributed by atoms with E-state index in [2.05, 4.69) is 37.2 Å². The molecule has 1 fully saturated rings. The normalized spacial score (nSPS) is 21.2. The molecular weight excluding hydrogens is 381 g/mol. The molecule has 29 heavy (non-hydrogen) atoms. The van der Waals surface area contributed by atoms with E-state index in [0.717, 1.165) is 56.3 Å². The number of hydrogen-bond donors (Lipinski definition) is 1. The molecule has 0 radical (unpaired) electrons. The summed E-state index contributed by atoms with van der Waals surface area (Å²) < 4.78 is 36.1. The van der Waals surface area contributed by atoms with Crippen LogP contribution in [0.1, 0.15) is 56.6 Å². The number of hydrogen-bond acceptors (Lipinski definition) is 4. The van der Waals surface area contributed by atoms with Crippen LogP contribution in [0.25, 0.3) is 0 Å². The lowest BCUT2D eigenvalue weighted by Crippen LogP contribution is -2.33. The molecule has 6 nitrogen and oxygen atoms in total. The lowest BCUT2D eigenvalue weighted by molar-refractivity contribution is -0.0798. The molecule has 1 saturated carbocycles. The van der Waals surface area contributed by atoms with E-state index in [0.29, 0.717) is 24.7 Å². The Morgan fingerprint density at radius 1 is 1.31 bits per heavy atom. The van der Waals surface area contributed by atoms with E-state index in [9.17, 15) is 13.2 Å². The average Bonchev–Trinajstić information content (AvgIpc) is 3.21. The van der Waals surface area contributed by atoms with E-state index in [1.165, 1.54) is 6.08 Å². The van der Waals surface area contributed by atoms with E-state index < -0.39 is 6.18 Å². The molecular formula is C20H29F3N6. The molecule has 0 amide bonds. The molecule has 160 valence electrons. The van der Waals surface area contributed by atoms with Gasteiger partial charge in [-0.1, -0.05) is 18.2 Å². The highest BCUT2D eigenvalue weighted by Crippen LogP contribution is 2.34. The summed E-state index contributed by atoms with van der Waals surface area (Å²) in [4.78, 5) is 2.13. The summed E-state index contributed by atoms with van der Waals surface area (Å²) in [6.45, 7) is 4.36. The predicted octanol–water partition coefficient (Wildman–Crippen LogP) is 4.87. The van der Waals surface area contributed by atoms with E-state index in [4.69, 9.17) is 0 Å². The molecule has 1 aromatic rings. The van der Waals surface area contributed by atoms with Crippen molar-refractivity contribution in [3.8, 4) is 0 Å². The summed E-state index contributed by atoms with van der Waals surface area (Å²) in [5, 5.41) is 18.6. The maximum Gasteiger partial charge on any atom is 0.409 e. The summed E-state index contributed by atoms with van der Waals surface area (Å²) in [6, 6.07) is 0. The third kappa shape index (κ3) is 8.62. The van der Waals surface area contributed by atoms with Gasteiger partial charge in [0.15, 0.2) is 0 Å². The molecule has 0 saturated heterocycles. The first-order valence-corrected chi connectivity index (χ1v) is 9.89. The van der Waals surface area contributed by atoms with Gasteiger partial charge in [0.05, 0.1) is 11.9 Å². The van der Waals surface area contributed by atoms with E-state index in [1.807, 2.05) is 13.2 Å². The standard InChI is InChI=1S/C20H29F3N6/c1-24-27-19(8-6-4-3-5-7-13-20(21,22)23)29(2)15-16-9-11-17(12-10-16)18-14-25-28-26-18/h3,5,7,13-14,16-17H,1,4,6,8-12,15H2,2H3,(H,25,26,28)/b5-3-,13-7+,27-19-. The third-order valence-electron chi connectivity index (χ3n) is 5.16. The molecule has 0 bridgehead atoms. The average molecular weight is 410 g/mol. The second-order valence-electron chi connectivity index (χ2n) is 7.37. The molecule has 0 spiro atoms. The van der Waals surface area contributed by atoms with Crippen molar-refractivity contribution in [2.24, 2.45) is 16.1 Å². The lowest BCUT2D eigenvalue weighted by atomic mass is 9.80. The number of aromatic nitrogens is 3. The van der Waals surface area contributed by atoms with Crippen LogP contribution in [0.2, 0.25) is 0 Å². The fraction of sp³-hybridized carbons (Fsp3) is 0.600. The molecule has 1 aromatic heterocycles. The van der Waals surface area contributed by atoms with Gasteiger partial charge in [-0.15, -0.1) is 5.10 Å². The van der Waals surface area contributed by atoms with Crippen LogP contribution in [-0.4, -0.2) is 52.6 Å². The van der Waals surface area contributed by atoms with Gasteiger partial charge in [0.1, 0.15) is 5.84 Å². The highest BCUT2D eigenvalue weighted by atomic mass is 19.4. The minimum atomic E-state index is -4.27. The predicted molar refractivity (Wildman–Crippen MR) is 109 cm³/mol. The van der Waals surface area contributed by atoms with Gasteiger partial charge in [0, 0.05) is 38.7 Å². The molecule has 0 unspecified atom stereocenters. The van der Waals surface area contributed by atoms with Gasteiger partial charge in [-0.25, -0.2) is 0 Å². The molecule has 9 heteroatoms. The van der Waals surface area contributed by atoms with Crippen molar-refractivity contribution in [2.45, 2.75) is 57.0 Å². The van der Waals surface area contributed by atoms with Crippen LogP contribution in [0.5, 0.6) is 0 Å². The molecule has 2 rings (SSSR count). The Bertz CT molecular complexity index is 686. The van der Waals surface area contributed by atoms with Crippen LogP contribution in [-0.2, 0) is 0 Å². The smallest absolute Gasteiger partial charge is 0.361 e. The number of allylic oxidation sites excluding steroid dienone is 4. The Hall–Kier alpha value is -2.45. The molecule has 1 aliphatic carbocycles. The number of nitrogens with one attached hydrogen (secondary N) is 1. The second kappa shape index (κ2) is 11.5. The molecule has 1 aliphatic rings. The van der Waals surface area contributed by atoms with E-state index >= 15 is 0 Å². The van der Waals surface area contributed by atoms with E-state index in [-0.39, 0.29) is 6.08 Å². The monoisotopic (exact) mass is 410 g/mol. The quantitative estimate of drug-likeness (QED) is 0.208. The van der Waals surface area contributed by atoms with Crippen molar-refractivity contribution < 1.29 is 13.2 Å². The Morgan fingerprint density at radius 3 is 2.69 bits per heavy atom. The van der Waals surface area contributed by atoms with E-state index in [1.54, 1.807) is 6.08 Å². The van der Waals surface area contributed by atoms with Gasteiger partial charge in [-0.3, -0.25) is 0 Å². The Labute approximate surface area is 169 Å².